The Kier molecular flexibility index (Phi) is 6.69. The number of ketones is 1. The molecule has 1 saturated heterocycles. The Morgan fingerprint density at radius 1 is 1.20 bits per heavy atom. The predicted molar refractivity (Wildman–Crippen MR) is 114 cm³/mol. The van der Waals surface area contributed by atoms with Gasteiger partial charge in [0.15, 0.2) is 0 Å². The molecule has 156 valence electrons. The van der Waals surface area contributed by atoms with E-state index in [0.29, 0.717) is 23.5 Å². The molecule has 2 aromatic rings. The Hall–Kier alpha value is -3.38. The molecular weight excluding hydrogens is 382 g/mol. The number of rotatable bonds is 8. The van der Waals surface area contributed by atoms with E-state index in [2.05, 4.69) is 6.58 Å². The van der Waals surface area contributed by atoms with Crippen LogP contribution in [-0.2, 0) is 14.3 Å². The maximum absolute atomic E-state index is 12.9. The van der Waals surface area contributed by atoms with E-state index in [1.165, 1.54) is 12.0 Å². The molecule has 0 aromatic heterocycles. The maximum atomic E-state index is 12.9. The van der Waals surface area contributed by atoms with Crippen LogP contribution in [0.15, 0.2) is 66.8 Å². The van der Waals surface area contributed by atoms with Crippen LogP contribution in [-0.4, -0.2) is 48.6 Å². The van der Waals surface area contributed by atoms with Crippen molar-refractivity contribution in [1.82, 2.24) is 4.90 Å². The minimum absolute atomic E-state index is 0.0563. The fraction of sp³-hybridized carbons (Fsp3) is 0.250. The van der Waals surface area contributed by atoms with Crippen LogP contribution >= 0.6 is 0 Å². The average Bonchev–Trinajstić information content (AvgIpc) is 3.01. The summed E-state index contributed by atoms with van der Waals surface area (Å²) in [5.41, 5.74) is 2.23. The number of hydrogen-bond acceptors (Lipinski definition) is 5. The molecule has 6 nitrogen and oxygen atoms in total. The van der Waals surface area contributed by atoms with Crippen LogP contribution in [0.2, 0.25) is 0 Å². The van der Waals surface area contributed by atoms with E-state index in [9.17, 15) is 14.7 Å². The number of carbonyl (C=O) groups excluding carboxylic acids is 2. The average molecular weight is 407 g/mol. The number of aliphatic hydroxyl groups excluding tert-OH is 1. The highest BCUT2D eigenvalue weighted by molar-refractivity contribution is 6.46. The van der Waals surface area contributed by atoms with Crippen LogP contribution in [0.25, 0.3) is 5.76 Å². The van der Waals surface area contributed by atoms with Crippen LogP contribution < -0.4 is 4.74 Å². The van der Waals surface area contributed by atoms with Gasteiger partial charge in [-0.1, -0.05) is 54.6 Å². The van der Waals surface area contributed by atoms with Crippen LogP contribution in [0.4, 0.5) is 0 Å². The first-order valence-electron chi connectivity index (χ1n) is 9.66. The summed E-state index contributed by atoms with van der Waals surface area (Å²) >= 11 is 0. The molecular formula is C24H25NO5. The zero-order chi connectivity index (χ0) is 21.7. The monoisotopic (exact) mass is 407 g/mol. The van der Waals surface area contributed by atoms with Crippen molar-refractivity contribution in [2.75, 3.05) is 26.9 Å². The van der Waals surface area contributed by atoms with Gasteiger partial charge in [0.05, 0.1) is 18.2 Å². The van der Waals surface area contributed by atoms with Gasteiger partial charge in [-0.25, -0.2) is 0 Å². The van der Waals surface area contributed by atoms with Gasteiger partial charge in [-0.15, -0.1) is 0 Å². The summed E-state index contributed by atoms with van der Waals surface area (Å²) in [7, 11) is 1.53. The molecule has 1 heterocycles. The van der Waals surface area contributed by atoms with Crippen molar-refractivity contribution in [3.8, 4) is 5.75 Å². The summed E-state index contributed by atoms with van der Waals surface area (Å²) in [5, 5.41) is 11.0. The molecule has 0 spiro atoms. The number of likely N-dealkylation sites (tertiary alicyclic amines) is 1. The normalized spacial score (nSPS) is 17.9. The third kappa shape index (κ3) is 4.28. The number of Topliss-reactive ketones (excluding diaryl/α,β-unsaturated/α-hetero) is 1. The Balaban J connectivity index is 2.12. The fourth-order valence-electron chi connectivity index (χ4n) is 3.44. The highest BCUT2D eigenvalue weighted by Gasteiger charge is 2.45. The lowest BCUT2D eigenvalue weighted by atomic mass is 9.95. The third-order valence-electron chi connectivity index (χ3n) is 4.94. The summed E-state index contributed by atoms with van der Waals surface area (Å²) in [5.74, 6) is -0.995. The standard InChI is InChI=1S/C24H25NO5/c1-4-13-30-19-7-5-6-18(15-19)21-20(22(26)17-10-8-16(2)9-11-17)23(27)24(28)25(21)12-14-29-3/h4-11,15,21,26H,1,12-14H2,2-3H3. The molecule has 6 heteroatoms. The van der Waals surface area contributed by atoms with Gasteiger partial charge < -0.3 is 19.5 Å². The zero-order valence-corrected chi connectivity index (χ0v) is 17.1. The fourth-order valence-corrected chi connectivity index (χ4v) is 3.44. The number of methoxy groups -OCH3 is 1. The number of benzene rings is 2. The van der Waals surface area contributed by atoms with Gasteiger partial charge in [-0.3, -0.25) is 9.59 Å². The maximum Gasteiger partial charge on any atom is 0.295 e. The molecule has 1 unspecified atom stereocenters. The molecule has 0 aliphatic carbocycles. The quantitative estimate of drug-likeness (QED) is 0.313. The minimum Gasteiger partial charge on any atom is -0.507 e. The molecule has 0 radical (unpaired) electrons. The number of hydrogen-bond donors (Lipinski definition) is 1. The minimum atomic E-state index is -0.742. The summed E-state index contributed by atoms with van der Waals surface area (Å²) in [6.07, 6.45) is 1.63. The summed E-state index contributed by atoms with van der Waals surface area (Å²) < 4.78 is 10.7. The second-order valence-electron chi connectivity index (χ2n) is 7.02. The van der Waals surface area contributed by atoms with Crippen molar-refractivity contribution in [3.63, 3.8) is 0 Å². The molecule has 1 N–H and O–H groups in total. The number of aliphatic hydroxyl groups is 1. The van der Waals surface area contributed by atoms with E-state index in [1.54, 1.807) is 42.5 Å². The first kappa shape index (κ1) is 21.3. The molecule has 1 aliphatic rings. The molecule has 1 amide bonds. The van der Waals surface area contributed by atoms with Gasteiger partial charge >= 0.3 is 0 Å². The highest BCUT2D eigenvalue weighted by Crippen LogP contribution is 2.40. The lowest BCUT2D eigenvalue weighted by Gasteiger charge is -2.25. The molecule has 1 fully saturated rings. The number of nitrogens with zero attached hydrogens (tertiary/aromatic N) is 1. The van der Waals surface area contributed by atoms with Gasteiger partial charge in [0, 0.05) is 19.2 Å². The highest BCUT2D eigenvalue weighted by atomic mass is 16.5. The summed E-state index contributed by atoms with van der Waals surface area (Å²) in [6.45, 7) is 6.38. The van der Waals surface area contributed by atoms with E-state index in [4.69, 9.17) is 9.47 Å². The van der Waals surface area contributed by atoms with Gasteiger partial charge in [-0.05, 0) is 24.6 Å². The van der Waals surface area contributed by atoms with E-state index in [-0.39, 0.29) is 24.5 Å². The van der Waals surface area contributed by atoms with E-state index in [1.807, 2.05) is 19.1 Å². The van der Waals surface area contributed by atoms with Crippen molar-refractivity contribution in [2.24, 2.45) is 0 Å². The predicted octanol–water partition coefficient (Wildman–Crippen LogP) is 3.63. The van der Waals surface area contributed by atoms with E-state index in [0.717, 1.165) is 5.56 Å². The molecule has 30 heavy (non-hydrogen) atoms. The molecule has 0 bridgehead atoms. The number of ether oxygens (including phenoxy) is 2. The van der Waals surface area contributed by atoms with Crippen LogP contribution in [0.3, 0.4) is 0 Å². The summed E-state index contributed by atoms with van der Waals surface area (Å²) in [4.78, 5) is 27.1. The number of carbonyl (C=O) groups is 2. The number of amides is 1. The summed E-state index contributed by atoms with van der Waals surface area (Å²) in [6, 6.07) is 13.5. The molecule has 0 saturated carbocycles. The first-order valence-corrected chi connectivity index (χ1v) is 9.66. The largest absolute Gasteiger partial charge is 0.507 e. The topological polar surface area (TPSA) is 76.1 Å². The van der Waals surface area contributed by atoms with Gasteiger partial charge in [0.1, 0.15) is 18.1 Å². The van der Waals surface area contributed by atoms with Crippen molar-refractivity contribution in [2.45, 2.75) is 13.0 Å². The Morgan fingerprint density at radius 2 is 1.93 bits per heavy atom. The van der Waals surface area contributed by atoms with Crippen molar-refractivity contribution in [1.29, 1.82) is 0 Å². The molecule has 3 rings (SSSR count). The molecule has 2 aromatic carbocycles. The Labute approximate surface area is 176 Å². The third-order valence-corrected chi connectivity index (χ3v) is 4.94. The molecule has 1 aliphatic heterocycles. The van der Waals surface area contributed by atoms with E-state index < -0.39 is 17.7 Å². The lowest BCUT2D eigenvalue weighted by Crippen LogP contribution is -2.32. The van der Waals surface area contributed by atoms with Crippen LogP contribution in [0.5, 0.6) is 5.75 Å². The van der Waals surface area contributed by atoms with Gasteiger partial charge in [-0.2, -0.15) is 0 Å². The second-order valence-corrected chi connectivity index (χ2v) is 7.02. The first-order chi connectivity index (χ1) is 14.5. The Bertz CT molecular complexity index is 977. The molecule has 1 atom stereocenters. The smallest absolute Gasteiger partial charge is 0.295 e. The Morgan fingerprint density at radius 3 is 2.60 bits per heavy atom. The SMILES string of the molecule is C=CCOc1cccc(C2C(=C(O)c3ccc(C)cc3)C(=O)C(=O)N2CCOC)c1. The van der Waals surface area contributed by atoms with Crippen molar-refractivity contribution >= 4 is 17.4 Å². The van der Waals surface area contributed by atoms with Crippen molar-refractivity contribution in [3.05, 3.63) is 83.4 Å². The van der Waals surface area contributed by atoms with Crippen LogP contribution in [0.1, 0.15) is 22.7 Å². The zero-order valence-electron chi connectivity index (χ0n) is 17.1. The van der Waals surface area contributed by atoms with Gasteiger partial charge in [0.2, 0.25) is 0 Å². The second kappa shape index (κ2) is 9.41. The van der Waals surface area contributed by atoms with Crippen LogP contribution in [0, 0.1) is 6.92 Å². The van der Waals surface area contributed by atoms with Gasteiger partial charge in [0.25, 0.3) is 11.7 Å². The number of aryl methyl sites for hydroxylation is 1. The lowest BCUT2D eigenvalue weighted by molar-refractivity contribution is -0.140. The van der Waals surface area contributed by atoms with E-state index >= 15 is 0 Å². The van der Waals surface area contributed by atoms with Crippen molar-refractivity contribution < 1.29 is 24.2 Å².